The fraction of sp³-hybridized carbons (Fsp3) is 0.583. The molecule has 18 heavy (non-hydrogen) atoms. The van der Waals surface area contributed by atoms with E-state index in [1.807, 2.05) is 20.8 Å². The monoisotopic (exact) mass is 253 g/mol. The van der Waals surface area contributed by atoms with Crippen molar-refractivity contribution in [3.8, 4) is 0 Å². The first-order chi connectivity index (χ1) is 8.42. The van der Waals surface area contributed by atoms with Crippen molar-refractivity contribution in [2.75, 3.05) is 6.54 Å². The van der Waals surface area contributed by atoms with Crippen molar-refractivity contribution in [3.63, 3.8) is 0 Å². The fourth-order valence-corrected chi connectivity index (χ4v) is 1.38. The van der Waals surface area contributed by atoms with Crippen molar-refractivity contribution < 1.29 is 14.3 Å². The van der Waals surface area contributed by atoms with E-state index in [-0.39, 0.29) is 0 Å². The normalized spacial score (nSPS) is 11.1. The van der Waals surface area contributed by atoms with Gasteiger partial charge in [0.25, 0.3) is 0 Å². The smallest absolute Gasteiger partial charge is 0.407 e. The predicted molar refractivity (Wildman–Crippen MR) is 66.5 cm³/mol. The van der Waals surface area contributed by atoms with E-state index in [2.05, 4.69) is 10.3 Å². The zero-order valence-corrected chi connectivity index (χ0v) is 11.0. The van der Waals surface area contributed by atoms with Gasteiger partial charge in [0, 0.05) is 25.5 Å². The standard InChI is InChI=1S/C12H19N3O3/c1-12(2,3)18-11(17)14-5-4-7-15-8-6-13-10(15)9-16/h6,8-9H,4-5,7H2,1-3H3,(H,14,17). The number of alkyl carbamates (subject to hydrolysis) is 1. The first-order valence-electron chi connectivity index (χ1n) is 5.85. The van der Waals surface area contributed by atoms with E-state index in [1.54, 1.807) is 17.0 Å². The van der Waals surface area contributed by atoms with E-state index in [1.165, 1.54) is 0 Å². The van der Waals surface area contributed by atoms with Crippen molar-refractivity contribution in [3.05, 3.63) is 18.2 Å². The van der Waals surface area contributed by atoms with Crippen LogP contribution in [0.4, 0.5) is 4.79 Å². The summed E-state index contributed by atoms with van der Waals surface area (Å²) in [6.07, 6.45) is 4.30. The number of ether oxygens (including phenoxy) is 1. The van der Waals surface area contributed by atoms with Crippen LogP contribution >= 0.6 is 0 Å². The largest absolute Gasteiger partial charge is 0.444 e. The molecule has 0 aliphatic heterocycles. The predicted octanol–water partition coefficient (Wildman–Crippen LogP) is 1.61. The van der Waals surface area contributed by atoms with Crippen LogP contribution in [-0.4, -0.2) is 34.1 Å². The number of nitrogens with one attached hydrogen (secondary N) is 1. The van der Waals surface area contributed by atoms with E-state index in [0.717, 1.165) is 0 Å². The molecule has 0 fully saturated rings. The van der Waals surface area contributed by atoms with Crippen LogP contribution in [0.25, 0.3) is 0 Å². The van der Waals surface area contributed by atoms with Gasteiger partial charge < -0.3 is 14.6 Å². The Morgan fingerprint density at radius 3 is 2.89 bits per heavy atom. The molecule has 1 aromatic rings. The minimum Gasteiger partial charge on any atom is -0.444 e. The van der Waals surface area contributed by atoms with Gasteiger partial charge in [0.15, 0.2) is 12.1 Å². The molecule has 0 aromatic carbocycles. The second-order valence-electron chi connectivity index (χ2n) is 4.88. The number of aromatic nitrogens is 2. The van der Waals surface area contributed by atoms with Crippen molar-refractivity contribution >= 4 is 12.4 Å². The quantitative estimate of drug-likeness (QED) is 0.639. The molecule has 1 amide bonds. The summed E-state index contributed by atoms with van der Waals surface area (Å²) in [4.78, 5) is 25.8. The number of hydrogen-bond donors (Lipinski definition) is 1. The lowest BCUT2D eigenvalue weighted by molar-refractivity contribution is 0.0526. The van der Waals surface area contributed by atoms with Gasteiger partial charge in [-0.15, -0.1) is 0 Å². The molecule has 0 aliphatic rings. The third-order valence-corrected chi connectivity index (χ3v) is 2.10. The first kappa shape index (κ1) is 14.2. The summed E-state index contributed by atoms with van der Waals surface area (Å²) in [6, 6.07) is 0. The molecule has 1 aromatic heterocycles. The molecule has 0 radical (unpaired) electrons. The van der Waals surface area contributed by atoms with Crippen molar-refractivity contribution in [1.82, 2.24) is 14.9 Å². The Hall–Kier alpha value is -1.85. The number of hydrogen-bond acceptors (Lipinski definition) is 4. The zero-order chi connectivity index (χ0) is 13.6. The van der Waals surface area contributed by atoms with Crippen LogP contribution in [0, 0.1) is 0 Å². The van der Waals surface area contributed by atoms with Gasteiger partial charge in [-0.1, -0.05) is 0 Å². The highest BCUT2D eigenvalue weighted by molar-refractivity contribution is 5.69. The molecule has 0 bridgehead atoms. The number of imidazole rings is 1. The van der Waals surface area contributed by atoms with E-state index in [4.69, 9.17) is 4.74 Å². The minimum atomic E-state index is -0.487. The van der Waals surface area contributed by atoms with Gasteiger partial charge in [-0.05, 0) is 27.2 Å². The molecular formula is C12H19N3O3. The Morgan fingerprint density at radius 1 is 1.56 bits per heavy atom. The lowest BCUT2D eigenvalue weighted by Crippen LogP contribution is -2.33. The van der Waals surface area contributed by atoms with Crippen LogP contribution in [0.1, 0.15) is 37.8 Å². The summed E-state index contributed by atoms with van der Waals surface area (Å²) in [5.41, 5.74) is -0.487. The van der Waals surface area contributed by atoms with Crippen LogP contribution in [0.2, 0.25) is 0 Å². The molecule has 0 spiro atoms. The van der Waals surface area contributed by atoms with Gasteiger partial charge >= 0.3 is 6.09 Å². The summed E-state index contributed by atoms with van der Waals surface area (Å²) in [7, 11) is 0. The van der Waals surface area contributed by atoms with Gasteiger partial charge in [-0.3, -0.25) is 4.79 Å². The number of rotatable bonds is 5. The molecule has 100 valence electrons. The summed E-state index contributed by atoms with van der Waals surface area (Å²) in [6.45, 7) is 6.56. The molecule has 1 rings (SSSR count). The topological polar surface area (TPSA) is 73.2 Å². The molecule has 6 nitrogen and oxygen atoms in total. The van der Waals surface area contributed by atoms with Crippen molar-refractivity contribution in [1.29, 1.82) is 0 Å². The molecule has 0 saturated heterocycles. The van der Waals surface area contributed by atoms with Crippen LogP contribution in [0.3, 0.4) is 0 Å². The number of aldehydes is 1. The van der Waals surface area contributed by atoms with Crippen molar-refractivity contribution in [2.24, 2.45) is 0 Å². The Balaban J connectivity index is 2.23. The molecule has 0 unspecified atom stereocenters. The number of carbonyl (C=O) groups is 2. The van der Waals surface area contributed by atoms with Gasteiger partial charge in [-0.2, -0.15) is 0 Å². The Bertz CT molecular complexity index is 407. The lowest BCUT2D eigenvalue weighted by Gasteiger charge is -2.19. The van der Waals surface area contributed by atoms with Crippen LogP contribution in [0.5, 0.6) is 0 Å². The highest BCUT2D eigenvalue weighted by atomic mass is 16.6. The Kier molecular flexibility index (Phi) is 4.88. The fourth-order valence-electron chi connectivity index (χ4n) is 1.38. The Labute approximate surface area is 106 Å². The van der Waals surface area contributed by atoms with Gasteiger partial charge in [-0.25, -0.2) is 9.78 Å². The van der Waals surface area contributed by atoms with Crippen LogP contribution < -0.4 is 5.32 Å². The molecule has 1 N–H and O–H groups in total. The molecule has 0 aliphatic carbocycles. The van der Waals surface area contributed by atoms with E-state index >= 15 is 0 Å². The molecule has 0 atom stereocenters. The summed E-state index contributed by atoms with van der Waals surface area (Å²) < 4.78 is 6.83. The van der Waals surface area contributed by atoms with E-state index in [0.29, 0.717) is 31.6 Å². The lowest BCUT2D eigenvalue weighted by atomic mass is 10.2. The number of aryl methyl sites for hydroxylation is 1. The Morgan fingerprint density at radius 2 is 2.28 bits per heavy atom. The summed E-state index contributed by atoms with van der Waals surface area (Å²) in [5, 5.41) is 2.66. The van der Waals surface area contributed by atoms with E-state index < -0.39 is 11.7 Å². The third kappa shape index (κ3) is 4.99. The maximum Gasteiger partial charge on any atom is 0.407 e. The maximum atomic E-state index is 11.3. The SMILES string of the molecule is CC(C)(C)OC(=O)NCCCn1ccnc1C=O. The number of nitrogens with zero attached hydrogens (tertiary/aromatic N) is 2. The highest BCUT2D eigenvalue weighted by Gasteiger charge is 2.15. The van der Waals surface area contributed by atoms with Crippen LogP contribution in [-0.2, 0) is 11.3 Å². The summed E-state index contributed by atoms with van der Waals surface area (Å²) >= 11 is 0. The van der Waals surface area contributed by atoms with Gasteiger partial charge in [0.2, 0.25) is 0 Å². The first-order valence-corrected chi connectivity index (χ1v) is 5.85. The average Bonchev–Trinajstić information content (AvgIpc) is 2.69. The van der Waals surface area contributed by atoms with E-state index in [9.17, 15) is 9.59 Å². The molecule has 6 heteroatoms. The van der Waals surface area contributed by atoms with Gasteiger partial charge in [0.1, 0.15) is 5.60 Å². The average molecular weight is 253 g/mol. The molecule has 1 heterocycles. The summed E-state index contributed by atoms with van der Waals surface area (Å²) in [5.74, 6) is 0.396. The maximum absolute atomic E-state index is 11.3. The number of carbonyl (C=O) groups excluding carboxylic acids is 2. The molecular weight excluding hydrogens is 234 g/mol. The second kappa shape index (κ2) is 6.18. The third-order valence-electron chi connectivity index (χ3n) is 2.10. The minimum absolute atomic E-state index is 0.396. The van der Waals surface area contributed by atoms with Crippen LogP contribution in [0.15, 0.2) is 12.4 Å². The number of amides is 1. The molecule has 0 saturated carbocycles. The van der Waals surface area contributed by atoms with Crippen molar-refractivity contribution in [2.45, 2.75) is 39.3 Å². The second-order valence-corrected chi connectivity index (χ2v) is 4.88. The highest BCUT2D eigenvalue weighted by Crippen LogP contribution is 2.06. The zero-order valence-electron chi connectivity index (χ0n) is 11.0. The van der Waals surface area contributed by atoms with Gasteiger partial charge in [0.05, 0.1) is 0 Å².